The molecule has 17 heavy (non-hydrogen) atoms. The fraction of sp³-hybridized carbons (Fsp3) is 0.167. The molecule has 0 spiro atoms. The minimum absolute atomic E-state index is 0.475. The van der Waals surface area contributed by atoms with Gasteiger partial charge in [-0.3, -0.25) is 0 Å². The predicted molar refractivity (Wildman–Crippen MR) is 75.1 cm³/mol. The van der Waals surface area contributed by atoms with Crippen molar-refractivity contribution in [1.29, 1.82) is 0 Å². The lowest BCUT2D eigenvalue weighted by molar-refractivity contribution is 0.455. The molecule has 0 aliphatic rings. The molecular formula is C12H12IN3O. The summed E-state index contributed by atoms with van der Waals surface area (Å²) in [5.41, 5.74) is 6.62. The second-order valence-corrected chi connectivity index (χ2v) is 4.70. The molecule has 0 fully saturated rings. The highest BCUT2D eigenvalue weighted by Crippen LogP contribution is 2.26. The minimum Gasteiger partial charge on any atom is -0.439 e. The quantitative estimate of drug-likeness (QED) is 0.872. The van der Waals surface area contributed by atoms with Crippen molar-refractivity contribution in [2.75, 3.05) is 5.73 Å². The van der Waals surface area contributed by atoms with Crippen molar-refractivity contribution in [3.8, 4) is 11.6 Å². The Morgan fingerprint density at radius 2 is 1.94 bits per heavy atom. The largest absolute Gasteiger partial charge is 0.439 e. The van der Waals surface area contributed by atoms with E-state index in [1.165, 1.54) is 6.33 Å². The van der Waals surface area contributed by atoms with E-state index in [4.69, 9.17) is 10.5 Å². The Balaban J connectivity index is 2.29. The molecule has 1 aromatic heterocycles. The first-order valence-electron chi connectivity index (χ1n) is 5.23. The van der Waals surface area contributed by atoms with Crippen LogP contribution in [0.25, 0.3) is 0 Å². The molecule has 88 valence electrons. The Hall–Kier alpha value is -1.37. The summed E-state index contributed by atoms with van der Waals surface area (Å²) in [6.07, 6.45) is 2.16. The van der Waals surface area contributed by atoms with Gasteiger partial charge in [-0.25, -0.2) is 9.97 Å². The van der Waals surface area contributed by atoms with Crippen LogP contribution in [-0.4, -0.2) is 9.97 Å². The zero-order valence-electron chi connectivity index (χ0n) is 9.35. The third-order valence-electron chi connectivity index (χ3n) is 2.32. The fourth-order valence-electron chi connectivity index (χ4n) is 1.44. The highest BCUT2D eigenvalue weighted by Gasteiger charge is 2.09. The van der Waals surface area contributed by atoms with E-state index in [9.17, 15) is 0 Å². The van der Waals surface area contributed by atoms with Gasteiger partial charge in [0.15, 0.2) is 0 Å². The van der Waals surface area contributed by atoms with Crippen LogP contribution in [0.5, 0.6) is 11.6 Å². The van der Waals surface area contributed by atoms with Crippen molar-refractivity contribution < 1.29 is 4.74 Å². The van der Waals surface area contributed by atoms with E-state index < -0.39 is 0 Å². The number of hydrogen-bond donors (Lipinski definition) is 1. The number of hydrogen-bond acceptors (Lipinski definition) is 4. The zero-order chi connectivity index (χ0) is 12.3. The topological polar surface area (TPSA) is 61.0 Å². The highest BCUT2D eigenvalue weighted by atomic mass is 127. The Kier molecular flexibility index (Phi) is 3.78. The molecule has 0 bridgehead atoms. The van der Waals surface area contributed by atoms with E-state index in [0.29, 0.717) is 11.7 Å². The third-order valence-corrected chi connectivity index (χ3v) is 3.04. The number of halogens is 1. The number of rotatable bonds is 3. The van der Waals surface area contributed by atoms with Crippen molar-refractivity contribution >= 4 is 28.4 Å². The van der Waals surface area contributed by atoms with Crippen LogP contribution in [0.3, 0.4) is 0 Å². The first-order chi connectivity index (χ1) is 8.20. The van der Waals surface area contributed by atoms with Crippen LogP contribution in [0.2, 0.25) is 0 Å². The van der Waals surface area contributed by atoms with Gasteiger partial charge >= 0.3 is 0 Å². The average Bonchev–Trinajstić information content (AvgIpc) is 2.32. The molecule has 4 nitrogen and oxygen atoms in total. The summed E-state index contributed by atoms with van der Waals surface area (Å²) in [4.78, 5) is 8.06. The van der Waals surface area contributed by atoms with Crippen LogP contribution >= 0.6 is 22.6 Å². The molecule has 0 unspecified atom stereocenters. The third kappa shape index (κ3) is 2.85. The van der Waals surface area contributed by atoms with Crippen LogP contribution in [0.15, 0.2) is 30.6 Å². The molecule has 2 rings (SSSR count). The molecule has 0 amide bonds. The summed E-state index contributed by atoms with van der Waals surface area (Å²) >= 11 is 2.25. The Labute approximate surface area is 113 Å². The van der Waals surface area contributed by atoms with Crippen LogP contribution in [0.1, 0.15) is 12.5 Å². The van der Waals surface area contributed by atoms with Crippen LogP contribution < -0.4 is 10.5 Å². The first-order valence-corrected chi connectivity index (χ1v) is 6.31. The van der Waals surface area contributed by atoms with Gasteiger partial charge in [-0.05, 0) is 53.3 Å². The van der Waals surface area contributed by atoms with Gasteiger partial charge in [-0.2, -0.15) is 0 Å². The summed E-state index contributed by atoms with van der Waals surface area (Å²) < 4.78 is 6.86. The number of nitrogen functional groups attached to an aromatic ring is 1. The zero-order valence-corrected chi connectivity index (χ0v) is 11.5. The molecule has 1 aromatic carbocycles. The van der Waals surface area contributed by atoms with E-state index in [1.807, 2.05) is 31.2 Å². The summed E-state index contributed by atoms with van der Waals surface area (Å²) in [6, 6.07) is 7.76. The Bertz CT molecular complexity index is 514. The van der Waals surface area contributed by atoms with Gasteiger partial charge < -0.3 is 10.5 Å². The molecule has 0 saturated carbocycles. The molecule has 1 heterocycles. The predicted octanol–water partition coefficient (Wildman–Crippen LogP) is 3.02. The van der Waals surface area contributed by atoms with Gasteiger partial charge in [-0.1, -0.05) is 6.92 Å². The summed E-state index contributed by atoms with van der Waals surface area (Å²) in [5, 5.41) is 0. The Morgan fingerprint density at radius 3 is 2.59 bits per heavy atom. The van der Waals surface area contributed by atoms with Gasteiger partial charge in [0.1, 0.15) is 17.9 Å². The monoisotopic (exact) mass is 341 g/mol. The maximum Gasteiger partial charge on any atom is 0.227 e. The number of benzene rings is 1. The molecule has 2 aromatic rings. The number of nitrogens with zero attached hydrogens (tertiary/aromatic N) is 2. The summed E-state index contributed by atoms with van der Waals surface area (Å²) in [7, 11) is 0. The van der Waals surface area contributed by atoms with E-state index in [-0.39, 0.29) is 0 Å². The molecule has 0 atom stereocenters. The lowest BCUT2D eigenvalue weighted by Gasteiger charge is -2.09. The smallest absolute Gasteiger partial charge is 0.227 e. The second-order valence-electron chi connectivity index (χ2n) is 3.45. The molecule has 2 N–H and O–H groups in total. The number of ether oxygens (including phenoxy) is 1. The average molecular weight is 341 g/mol. The minimum atomic E-state index is 0.475. The SMILES string of the molecule is CCc1c(N)ncnc1Oc1ccc(I)cc1. The number of anilines is 1. The first kappa shape index (κ1) is 12.1. The molecule has 0 saturated heterocycles. The summed E-state index contributed by atoms with van der Waals surface area (Å²) in [5.74, 6) is 1.75. The lowest BCUT2D eigenvalue weighted by atomic mass is 10.2. The lowest BCUT2D eigenvalue weighted by Crippen LogP contribution is -2.01. The molecule has 5 heteroatoms. The van der Waals surface area contributed by atoms with Crippen LogP contribution in [-0.2, 0) is 6.42 Å². The van der Waals surface area contributed by atoms with Crippen molar-refractivity contribution in [1.82, 2.24) is 9.97 Å². The van der Waals surface area contributed by atoms with E-state index in [1.54, 1.807) is 0 Å². The van der Waals surface area contributed by atoms with Gasteiger partial charge in [0.25, 0.3) is 0 Å². The Morgan fingerprint density at radius 1 is 1.24 bits per heavy atom. The molecule has 0 radical (unpaired) electrons. The van der Waals surface area contributed by atoms with Crippen LogP contribution in [0.4, 0.5) is 5.82 Å². The normalized spacial score (nSPS) is 10.2. The second kappa shape index (κ2) is 5.31. The summed E-state index contributed by atoms with van der Waals surface area (Å²) in [6.45, 7) is 2.00. The van der Waals surface area contributed by atoms with Crippen molar-refractivity contribution in [3.05, 3.63) is 39.7 Å². The van der Waals surface area contributed by atoms with Gasteiger partial charge in [0, 0.05) is 3.57 Å². The number of aromatic nitrogens is 2. The van der Waals surface area contributed by atoms with Crippen molar-refractivity contribution in [3.63, 3.8) is 0 Å². The maximum atomic E-state index is 5.78. The fourth-order valence-corrected chi connectivity index (χ4v) is 1.80. The van der Waals surface area contributed by atoms with Gasteiger partial charge in [0.2, 0.25) is 5.88 Å². The standard InChI is InChI=1S/C12H12IN3O/c1-2-10-11(14)15-7-16-12(10)17-9-5-3-8(13)4-6-9/h3-7H,2H2,1H3,(H2,14,15,16). The van der Waals surface area contributed by atoms with E-state index in [2.05, 4.69) is 32.6 Å². The number of nitrogens with two attached hydrogens (primary N) is 1. The van der Waals surface area contributed by atoms with Gasteiger partial charge in [-0.15, -0.1) is 0 Å². The molecule has 0 aliphatic carbocycles. The van der Waals surface area contributed by atoms with E-state index >= 15 is 0 Å². The van der Waals surface area contributed by atoms with E-state index in [0.717, 1.165) is 21.3 Å². The molecular weight excluding hydrogens is 329 g/mol. The maximum absolute atomic E-state index is 5.78. The van der Waals surface area contributed by atoms with Crippen molar-refractivity contribution in [2.24, 2.45) is 0 Å². The van der Waals surface area contributed by atoms with Crippen molar-refractivity contribution in [2.45, 2.75) is 13.3 Å². The highest BCUT2D eigenvalue weighted by molar-refractivity contribution is 14.1. The van der Waals surface area contributed by atoms with Gasteiger partial charge in [0.05, 0.1) is 5.56 Å². The molecule has 0 aliphatic heterocycles. The van der Waals surface area contributed by atoms with Crippen LogP contribution in [0, 0.1) is 3.57 Å².